The van der Waals surface area contributed by atoms with Crippen LogP contribution in [0, 0.1) is 5.92 Å². The first-order valence-electron chi connectivity index (χ1n) is 7.56. The molecule has 7 nitrogen and oxygen atoms in total. The van der Waals surface area contributed by atoms with E-state index in [0.717, 1.165) is 10.5 Å². The van der Waals surface area contributed by atoms with Gasteiger partial charge in [0.2, 0.25) is 5.91 Å². The maximum absolute atomic E-state index is 11.9. The molecule has 3 amide bonds. The summed E-state index contributed by atoms with van der Waals surface area (Å²) in [7, 11) is 0. The van der Waals surface area contributed by atoms with E-state index in [0.29, 0.717) is 19.6 Å². The van der Waals surface area contributed by atoms with Crippen LogP contribution in [0.3, 0.4) is 0 Å². The molecule has 122 valence electrons. The van der Waals surface area contributed by atoms with E-state index in [-0.39, 0.29) is 37.6 Å². The molecule has 0 spiro atoms. The lowest BCUT2D eigenvalue weighted by Gasteiger charge is -2.38. The zero-order chi connectivity index (χ0) is 16.2. The molecule has 2 aliphatic rings. The van der Waals surface area contributed by atoms with Crippen LogP contribution in [0.5, 0.6) is 0 Å². The molecule has 0 unspecified atom stereocenters. The van der Waals surface area contributed by atoms with Gasteiger partial charge in [-0.3, -0.25) is 4.79 Å². The van der Waals surface area contributed by atoms with E-state index >= 15 is 0 Å². The molecule has 0 aromatic heterocycles. The van der Waals surface area contributed by atoms with Gasteiger partial charge in [0.15, 0.2) is 0 Å². The summed E-state index contributed by atoms with van der Waals surface area (Å²) in [5.74, 6) is -0.171. The molecule has 23 heavy (non-hydrogen) atoms. The molecule has 0 N–H and O–H groups in total. The number of imide groups is 1. The predicted octanol–water partition coefficient (Wildman–Crippen LogP) is 1.62. The number of likely N-dealkylation sites (tertiary alicyclic amines) is 1. The number of carbonyl (C=O) groups excluding carboxylic acids is 3. The molecule has 2 aliphatic heterocycles. The average molecular weight is 318 g/mol. The van der Waals surface area contributed by atoms with E-state index in [1.54, 1.807) is 4.90 Å². The van der Waals surface area contributed by atoms with Crippen molar-refractivity contribution in [3.63, 3.8) is 0 Å². The molecule has 2 fully saturated rings. The molecule has 1 aromatic carbocycles. The smallest absolute Gasteiger partial charge is 0.416 e. The molecule has 0 radical (unpaired) electrons. The van der Waals surface area contributed by atoms with Crippen molar-refractivity contribution in [3.8, 4) is 0 Å². The minimum absolute atomic E-state index is 0.0696. The summed E-state index contributed by atoms with van der Waals surface area (Å²) in [5, 5.41) is 0. The maximum atomic E-state index is 11.9. The van der Waals surface area contributed by atoms with E-state index in [4.69, 9.17) is 9.47 Å². The van der Waals surface area contributed by atoms with Crippen molar-refractivity contribution < 1.29 is 23.9 Å². The number of hydrogen-bond donors (Lipinski definition) is 0. The van der Waals surface area contributed by atoms with Gasteiger partial charge in [-0.1, -0.05) is 30.3 Å². The van der Waals surface area contributed by atoms with Crippen LogP contribution in [0.1, 0.15) is 12.0 Å². The third-order valence-corrected chi connectivity index (χ3v) is 3.95. The highest BCUT2D eigenvalue weighted by Crippen LogP contribution is 2.22. The first-order valence-corrected chi connectivity index (χ1v) is 7.56. The fraction of sp³-hybridized carbons (Fsp3) is 0.438. The number of benzene rings is 1. The summed E-state index contributed by atoms with van der Waals surface area (Å²) >= 11 is 0. The highest BCUT2D eigenvalue weighted by atomic mass is 16.6. The lowest BCUT2D eigenvalue weighted by Crippen LogP contribution is -2.51. The topological polar surface area (TPSA) is 76.2 Å². The lowest BCUT2D eigenvalue weighted by atomic mass is 9.96. The van der Waals surface area contributed by atoms with Gasteiger partial charge in [-0.15, -0.1) is 0 Å². The Morgan fingerprint density at radius 2 is 1.96 bits per heavy atom. The van der Waals surface area contributed by atoms with Gasteiger partial charge >= 0.3 is 12.2 Å². The standard InChI is InChI=1S/C16H18N2O5/c19-14(18-6-7-22-16(18)21)8-13-9-17(10-13)15(20)23-11-12-4-2-1-3-5-12/h1-5,13H,6-11H2. The Hall–Kier alpha value is -2.57. The SMILES string of the molecule is O=C(OCc1ccccc1)N1CC(CC(=O)N2CCOC2=O)C1. The molecule has 0 saturated carbocycles. The summed E-state index contributed by atoms with van der Waals surface area (Å²) in [6, 6.07) is 9.45. The Morgan fingerprint density at radius 3 is 2.61 bits per heavy atom. The van der Waals surface area contributed by atoms with Crippen molar-refractivity contribution >= 4 is 18.1 Å². The molecule has 7 heteroatoms. The van der Waals surface area contributed by atoms with Gasteiger partial charge in [-0.05, 0) is 5.56 Å². The van der Waals surface area contributed by atoms with Crippen LogP contribution in [0.25, 0.3) is 0 Å². The van der Waals surface area contributed by atoms with Gasteiger partial charge in [0.1, 0.15) is 13.2 Å². The van der Waals surface area contributed by atoms with Crippen molar-refractivity contribution in [1.29, 1.82) is 0 Å². The number of nitrogens with zero attached hydrogens (tertiary/aromatic N) is 2. The lowest BCUT2D eigenvalue weighted by molar-refractivity contribution is -0.130. The molecule has 3 rings (SSSR count). The van der Waals surface area contributed by atoms with Crippen molar-refractivity contribution in [1.82, 2.24) is 9.80 Å². The highest BCUT2D eigenvalue weighted by molar-refractivity contribution is 5.93. The van der Waals surface area contributed by atoms with Gasteiger partial charge < -0.3 is 14.4 Å². The number of ether oxygens (including phenoxy) is 2. The Balaban J connectivity index is 1.38. The maximum Gasteiger partial charge on any atom is 0.416 e. The number of amides is 3. The van der Waals surface area contributed by atoms with Crippen LogP contribution < -0.4 is 0 Å². The molecule has 0 aliphatic carbocycles. The van der Waals surface area contributed by atoms with Gasteiger partial charge in [0, 0.05) is 25.4 Å². The van der Waals surface area contributed by atoms with Crippen molar-refractivity contribution in [2.24, 2.45) is 5.92 Å². The van der Waals surface area contributed by atoms with E-state index < -0.39 is 6.09 Å². The summed E-state index contributed by atoms with van der Waals surface area (Å²) in [6.45, 7) is 1.75. The quantitative estimate of drug-likeness (QED) is 0.843. The van der Waals surface area contributed by atoms with Crippen LogP contribution in [0.15, 0.2) is 30.3 Å². The van der Waals surface area contributed by atoms with Crippen LogP contribution in [-0.2, 0) is 20.9 Å². The second-order valence-corrected chi connectivity index (χ2v) is 5.68. The Bertz CT molecular complexity index is 598. The normalized spacial score (nSPS) is 17.7. The van der Waals surface area contributed by atoms with E-state index in [2.05, 4.69) is 0 Å². The third kappa shape index (κ3) is 3.61. The molecular formula is C16H18N2O5. The number of carbonyl (C=O) groups is 3. The monoisotopic (exact) mass is 318 g/mol. The second kappa shape index (κ2) is 6.68. The van der Waals surface area contributed by atoms with E-state index in [9.17, 15) is 14.4 Å². The first kappa shape index (κ1) is 15.3. The molecular weight excluding hydrogens is 300 g/mol. The number of cyclic esters (lactones) is 1. The summed E-state index contributed by atoms with van der Waals surface area (Å²) in [5.41, 5.74) is 0.931. The Labute approximate surface area is 133 Å². The van der Waals surface area contributed by atoms with Crippen LogP contribution in [0.4, 0.5) is 9.59 Å². The summed E-state index contributed by atoms with van der Waals surface area (Å²) < 4.78 is 9.95. The zero-order valence-corrected chi connectivity index (χ0v) is 12.6. The van der Waals surface area contributed by atoms with Crippen molar-refractivity contribution in [2.45, 2.75) is 13.0 Å². The van der Waals surface area contributed by atoms with Crippen LogP contribution >= 0.6 is 0 Å². The molecule has 2 saturated heterocycles. The molecule has 2 heterocycles. The number of rotatable bonds is 4. The van der Waals surface area contributed by atoms with Crippen LogP contribution in [-0.4, -0.2) is 54.1 Å². The Morgan fingerprint density at radius 1 is 1.22 bits per heavy atom. The summed E-state index contributed by atoms with van der Waals surface area (Å²) in [6.07, 6.45) is -0.705. The second-order valence-electron chi connectivity index (χ2n) is 5.68. The van der Waals surface area contributed by atoms with Crippen LogP contribution in [0.2, 0.25) is 0 Å². The highest BCUT2D eigenvalue weighted by Gasteiger charge is 2.36. The van der Waals surface area contributed by atoms with E-state index in [1.165, 1.54) is 0 Å². The summed E-state index contributed by atoms with van der Waals surface area (Å²) in [4.78, 5) is 37.8. The molecule has 1 aromatic rings. The van der Waals surface area contributed by atoms with Gasteiger partial charge in [0.25, 0.3) is 0 Å². The van der Waals surface area contributed by atoms with Crippen molar-refractivity contribution in [2.75, 3.05) is 26.2 Å². The average Bonchev–Trinajstić information content (AvgIpc) is 2.95. The van der Waals surface area contributed by atoms with Gasteiger partial charge in [-0.2, -0.15) is 0 Å². The largest absolute Gasteiger partial charge is 0.447 e. The van der Waals surface area contributed by atoms with Gasteiger partial charge in [0.05, 0.1) is 6.54 Å². The zero-order valence-electron chi connectivity index (χ0n) is 12.6. The fourth-order valence-electron chi connectivity index (χ4n) is 2.64. The minimum Gasteiger partial charge on any atom is -0.447 e. The third-order valence-electron chi connectivity index (χ3n) is 3.95. The molecule has 0 bridgehead atoms. The minimum atomic E-state index is -0.576. The van der Waals surface area contributed by atoms with Crippen molar-refractivity contribution in [3.05, 3.63) is 35.9 Å². The Kier molecular flexibility index (Phi) is 4.45. The van der Waals surface area contributed by atoms with E-state index in [1.807, 2.05) is 30.3 Å². The molecule has 0 atom stereocenters. The number of hydrogen-bond acceptors (Lipinski definition) is 5. The predicted molar refractivity (Wildman–Crippen MR) is 79.4 cm³/mol. The first-order chi connectivity index (χ1) is 11.1. The fourth-order valence-corrected chi connectivity index (χ4v) is 2.64. The van der Waals surface area contributed by atoms with Gasteiger partial charge in [-0.25, -0.2) is 14.5 Å².